The summed E-state index contributed by atoms with van der Waals surface area (Å²) in [4.78, 5) is 10.6. The van der Waals surface area contributed by atoms with Gasteiger partial charge in [0.25, 0.3) is 0 Å². The molecule has 1 rings (SSSR count). The van der Waals surface area contributed by atoms with Crippen LogP contribution in [0, 0.1) is 6.92 Å². The summed E-state index contributed by atoms with van der Waals surface area (Å²) in [5, 5.41) is 7.79. The van der Waals surface area contributed by atoms with Gasteiger partial charge in [-0.3, -0.25) is 4.79 Å². The van der Waals surface area contributed by atoms with Crippen molar-refractivity contribution in [3.05, 3.63) is 29.3 Å². The Bertz CT molecular complexity index is 363. The average Bonchev–Trinajstić information content (AvgIpc) is 2.18. The second-order valence-electron chi connectivity index (χ2n) is 3.33. The number of halogens is 1. The van der Waals surface area contributed by atoms with Crippen LogP contribution >= 0.6 is 11.6 Å². The Hall–Kier alpha value is -1.22. The fourth-order valence-corrected chi connectivity index (χ4v) is 1.51. The van der Waals surface area contributed by atoms with Crippen molar-refractivity contribution in [2.45, 2.75) is 18.7 Å². The van der Waals surface area contributed by atoms with Crippen molar-refractivity contribution in [1.29, 1.82) is 0 Å². The quantitative estimate of drug-likeness (QED) is 0.804. The van der Waals surface area contributed by atoms with E-state index < -0.39 is 11.3 Å². The second-order valence-corrected chi connectivity index (χ2v) is 3.85. The molecule has 0 spiro atoms. The number of hydrogen-bond acceptors (Lipinski definition) is 2. The number of carboxylic acid groups (broad SMARTS) is 1. The molecule has 3 nitrogen and oxygen atoms in total. The normalized spacial score (nSPS) is 12.2. The van der Waals surface area contributed by atoms with E-state index in [1.807, 2.05) is 25.1 Å². The van der Waals surface area contributed by atoms with Crippen LogP contribution in [0.15, 0.2) is 18.2 Å². The molecule has 82 valence electrons. The summed E-state index contributed by atoms with van der Waals surface area (Å²) < 4.78 is 5.13. The molecule has 0 aliphatic carbocycles. The molecule has 0 bridgehead atoms. The van der Waals surface area contributed by atoms with E-state index in [2.05, 4.69) is 0 Å². The molecule has 0 saturated heterocycles. The third-order valence-corrected chi connectivity index (χ3v) is 2.44. The minimum Gasteiger partial charge on any atom is -0.496 e. The van der Waals surface area contributed by atoms with Crippen LogP contribution in [0.25, 0.3) is 0 Å². The maximum absolute atomic E-state index is 10.6. The Kier molecular flexibility index (Phi) is 3.97. The molecule has 1 aromatic rings. The summed E-state index contributed by atoms with van der Waals surface area (Å²) in [7, 11) is 1.55. The Morgan fingerprint density at radius 1 is 1.60 bits per heavy atom. The number of carboxylic acids is 1. The third kappa shape index (κ3) is 3.13. The number of alkyl halides is 1. The van der Waals surface area contributed by atoms with Gasteiger partial charge in [-0.2, -0.15) is 0 Å². The first-order chi connectivity index (χ1) is 7.04. The first-order valence-electron chi connectivity index (χ1n) is 4.55. The lowest BCUT2D eigenvalue weighted by Gasteiger charge is -2.10. The van der Waals surface area contributed by atoms with E-state index in [9.17, 15) is 4.79 Å². The molecule has 1 unspecified atom stereocenters. The van der Waals surface area contributed by atoms with Gasteiger partial charge < -0.3 is 9.84 Å². The molecule has 0 aliphatic heterocycles. The summed E-state index contributed by atoms with van der Waals surface area (Å²) >= 11 is 5.68. The predicted octanol–water partition coefficient (Wildman–Crippen LogP) is 2.24. The summed E-state index contributed by atoms with van der Waals surface area (Å²) in [6.07, 6.45) is 0.266. The SMILES string of the molecule is COc1ccc(C)cc1CC(Cl)C(=O)O. The van der Waals surface area contributed by atoms with Gasteiger partial charge >= 0.3 is 5.97 Å². The molecule has 1 atom stereocenters. The lowest BCUT2D eigenvalue weighted by atomic mass is 10.1. The summed E-state index contributed by atoms with van der Waals surface area (Å²) in [6, 6.07) is 5.61. The lowest BCUT2D eigenvalue weighted by Crippen LogP contribution is -2.16. The molecule has 1 aromatic carbocycles. The van der Waals surface area contributed by atoms with E-state index in [0.29, 0.717) is 5.75 Å². The van der Waals surface area contributed by atoms with Gasteiger partial charge in [0.05, 0.1) is 7.11 Å². The van der Waals surface area contributed by atoms with Gasteiger partial charge in [-0.25, -0.2) is 0 Å². The zero-order valence-electron chi connectivity index (χ0n) is 8.66. The predicted molar refractivity (Wildman–Crippen MR) is 58.7 cm³/mol. The maximum Gasteiger partial charge on any atom is 0.321 e. The van der Waals surface area contributed by atoms with Crippen LogP contribution in [0.1, 0.15) is 11.1 Å². The molecule has 0 aromatic heterocycles. The molecule has 0 amide bonds. The van der Waals surface area contributed by atoms with Crippen molar-refractivity contribution in [3.8, 4) is 5.75 Å². The van der Waals surface area contributed by atoms with Crippen LogP contribution in [-0.2, 0) is 11.2 Å². The van der Waals surface area contributed by atoms with Crippen LogP contribution in [0.4, 0.5) is 0 Å². The molecule has 0 saturated carbocycles. The van der Waals surface area contributed by atoms with Crippen molar-refractivity contribution in [2.24, 2.45) is 0 Å². The standard InChI is InChI=1S/C11H13ClO3/c1-7-3-4-10(15-2)8(5-7)6-9(12)11(13)14/h3-5,9H,6H2,1-2H3,(H,13,14). The second kappa shape index (κ2) is 5.03. The molecular weight excluding hydrogens is 216 g/mol. The van der Waals surface area contributed by atoms with Gasteiger partial charge in [-0.05, 0) is 18.6 Å². The third-order valence-electron chi connectivity index (χ3n) is 2.10. The number of benzene rings is 1. The highest BCUT2D eigenvalue weighted by atomic mass is 35.5. The fourth-order valence-electron chi connectivity index (χ4n) is 1.35. The van der Waals surface area contributed by atoms with Gasteiger partial charge in [0.15, 0.2) is 0 Å². The molecule has 4 heteroatoms. The largest absolute Gasteiger partial charge is 0.496 e. The average molecular weight is 229 g/mol. The molecular formula is C11H13ClO3. The monoisotopic (exact) mass is 228 g/mol. The van der Waals surface area contributed by atoms with Gasteiger partial charge in [-0.1, -0.05) is 17.7 Å². The van der Waals surface area contributed by atoms with Gasteiger partial charge in [-0.15, -0.1) is 11.6 Å². The highest BCUT2D eigenvalue weighted by molar-refractivity contribution is 6.29. The number of aliphatic carboxylic acids is 1. The van der Waals surface area contributed by atoms with Crippen molar-refractivity contribution >= 4 is 17.6 Å². The highest BCUT2D eigenvalue weighted by Gasteiger charge is 2.16. The minimum absolute atomic E-state index is 0.266. The molecule has 0 aliphatic rings. The zero-order valence-corrected chi connectivity index (χ0v) is 9.41. The number of rotatable bonds is 4. The molecule has 1 N–H and O–H groups in total. The Labute approximate surface area is 93.6 Å². The molecule has 0 heterocycles. The Morgan fingerprint density at radius 3 is 2.80 bits per heavy atom. The smallest absolute Gasteiger partial charge is 0.321 e. The Morgan fingerprint density at radius 2 is 2.27 bits per heavy atom. The fraction of sp³-hybridized carbons (Fsp3) is 0.364. The highest BCUT2D eigenvalue weighted by Crippen LogP contribution is 2.22. The molecule has 0 fully saturated rings. The van der Waals surface area contributed by atoms with E-state index in [0.717, 1.165) is 11.1 Å². The Balaban J connectivity index is 2.91. The van der Waals surface area contributed by atoms with Crippen LogP contribution < -0.4 is 4.74 Å². The first-order valence-corrected chi connectivity index (χ1v) is 4.98. The van der Waals surface area contributed by atoms with Gasteiger partial charge in [0, 0.05) is 6.42 Å². The number of methoxy groups -OCH3 is 1. The van der Waals surface area contributed by atoms with E-state index in [1.165, 1.54) is 0 Å². The van der Waals surface area contributed by atoms with Gasteiger partial charge in [0.2, 0.25) is 0 Å². The van der Waals surface area contributed by atoms with Crippen LogP contribution in [-0.4, -0.2) is 23.6 Å². The summed E-state index contributed by atoms with van der Waals surface area (Å²) in [6.45, 7) is 1.94. The van der Waals surface area contributed by atoms with E-state index in [-0.39, 0.29) is 6.42 Å². The van der Waals surface area contributed by atoms with Crippen molar-refractivity contribution < 1.29 is 14.6 Å². The number of ether oxygens (including phenoxy) is 1. The maximum atomic E-state index is 10.6. The topological polar surface area (TPSA) is 46.5 Å². The minimum atomic E-state index is -1.01. The van der Waals surface area contributed by atoms with Crippen molar-refractivity contribution in [1.82, 2.24) is 0 Å². The van der Waals surface area contributed by atoms with Gasteiger partial charge in [0.1, 0.15) is 11.1 Å². The van der Waals surface area contributed by atoms with E-state index >= 15 is 0 Å². The summed E-state index contributed by atoms with van der Waals surface area (Å²) in [5.41, 5.74) is 1.87. The van der Waals surface area contributed by atoms with Crippen LogP contribution in [0.5, 0.6) is 5.75 Å². The number of aryl methyl sites for hydroxylation is 1. The molecule has 15 heavy (non-hydrogen) atoms. The van der Waals surface area contributed by atoms with E-state index in [4.69, 9.17) is 21.4 Å². The van der Waals surface area contributed by atoms with Crippen LogP contribution in [0.2, 0.25) is 0 Å². The number of carbonyl (C=O) groups is 1. The van der Waals surface area contributed by atoms with Crippen molar-refractivity contribution in [3.63, 3.8) is 0 Å². The summed E-state index contributed by atoms with van der Waals surface area (Å²) in [5.74, 6) is -0.340. The van der Waals surface area contributed by atoms with Crippen LogP contribution in [0.3, 0.4) is 0 Å². The number of hydrogen-bond donors (Lipinski definition) is 1. The van der Waals surface area contributed by atoms with E-state index in [1.54, 1.807) is 7.11 Å². The van der Waals surface area contributed by atoms with Crippen molar-refractivity contribution in [2.75, 3.05) is 7.11 Å². The molecule has 0 radical (unpaired) electrons. The zero-order chi connectivity index (χ0) is 11.4. The lowest BCUT2D eigenvalue weighted by molar-refractivity contribution is -0.136. The first kappa shape index (κ1) is 11.9.